The second kappa shape index (κ2) is 8.95. The van der Waals surface area contributed by atoms with Crippen molar-refractivity contribution in [3.8, 4) is 11.6 Å². The molecule has 0 saturated heterocycles. The Morgan fingerprint density at radius 2 is 1.90 bits per heavy atom. The van der Waals surface area contributed by atoms with Gasteiger partial charge in [0, 0.05) is 16.6 Å². The van der Waals surface area contributed by atoms with Crippen LogP contribution in [0.5, 0.6) is 5.88 Å². The third-order valence-electron chi connectivity index (χ3n) is 3.96. The summed E-state index contributed by atoms with van der Waals surface area (Å²) in [4.78, 5) is 24.6. The molecule has 1 heterocycles. The van der Waals surface area contributed by atoms with Crippen LogP contribution < -0.4 is 15.6 Å². The quantitative estimate of drug-likeness (QED) is 0.597. The van der Waals surface area contributed by atoms with Crippen LogP contribution in [0.3, 0.4) is 0 Å². The minimum atomic E-state index is -0.968. The van der Waals surface area contributed by atoms with E-state index in [4.69, 9.17) is 4.74 Å². The summed E-state index contributed by atoms with van der Waals surface area (Å²) in [7, 11) is 0. The van der Waals surface area contributed by atoms with E-state index >= 15 is 0 Å². The van der Waals surface area contributed by atoms with Crippen LogP contribution in [0.4, 0.5) is 14.5 Å². The number of benzene rings is 2. The van der Waals surface area contributed by atoms with E-state index < -0.39 is 29.2 Å². The van der Waals surface area contributed by atoms with Gasteiger partial charge in [0.2, 0.25) is 5.88 Å². The monoisotopic (exact) mass is 463 g/mol. The number of carbonyl (C=O) groups is 1. The first-order chi connectivity index (χ1) is 13.9. The maximum absolute atomic E-state index is 14.0. The molecule has 1 unspecified atom stereocenters. The van der Waals surface area contributed by atoms with E-state index in [-0.39, 0.29) is 18.0 Å². The van der Waals surface area contributed by atoms with Crippen molar-refractivity contribution in [2.24, 2.45) is 0 Å². The molecule has 0 spiro atoms. The zero-order chi connectivity index (χ0) is 21.0. The van der Waals surface area contributed by atoms with Crippen molar-refractivity contribution in [3.05, 3.63) is 81.1 Å². The zero-order valence-electron chi connectivity index (χ0n) is 15.2. The SMILES string of the molecule is CCC(Oc1ccc(=O)n(-c2ccc(F)cc2)n1)C(=O)Nc1ccc(Br)cc1F. The highest BCUT2D eigenvalue weighted by Crippen LogP contribution is 2.20. The van der Waals surface area contributed by atoms with E-state index in [1.165, 1.54) is 48.5 Å². The van der Waals surface area contributed by atoms with Crippen LogP contribution >= 0.6 is 15.9 Å². The van der Waals surface area contributed by atoms with Gasteiger partial charge in [-0.3, -0.25) is 9.59 Å². The summed E-state index contributed by atoms with van der Waals surface area (Å²) in [6.07, 6.45) is -0.689. The number of halogens is 3. The van der Waals surface area contributed by atoms with E-state index in [0.717, 1.165) is 4.68 Å². The first-order valence-electron chi connectivity index (χ1n) is 8.66. The molecule has 0 aliphatic carbocycles. The summed E-state index contributed by atoms with van der Waals surface area (Å²) in [6.45, 7) is 1.72. The van der Waals surface area contributed by atoms with Crippen molar-refractivity contribution in [3.63, 3.8) is 0 Å². The number of aromatic nitrogens is 2. The predicted molar refractivity (Wildman–Crippen MR) is 107 cm³/mol. The van der Waals surface area contributed by atoms with Crippen molar-refractivity contribution >= 4 is 27.5 Å². The Labute approximate surface area is 173 Å². The largest absolute Gasteiger partial charge is 0.463 e. The summed E-state index contributed by atoms with van der Waals surface area (Å²) in [5.74, 6) is -1.58. The molecular weight excluding hydrogens is 448 g/mol. The standard InChI is InChI=1S/C20H16BrF2N3O3/c1-2-17(20(28)24-16-8-3-12(21)11-15(16)23)29-18-9-10-19(27)26(25-18)14-6-4-13(22)5-7-14/h3-11,17H,2H2,1H3,(H,24,28). The van der Waals surface area contributed by atoms with Gasteiger partial charge in [0.1, 0.15) is 11.6 Å². The van der Waals surface area contributed by atoms with Gasteiger partial charge in [-0.15, -0.1) is 5.10 Å². The summed E-state index contributed by atoms with van der Waals surface area (Å²) in [5, 5.41) is 6.55. The van der Waals surface area contributed by atoms with E-state index in [1.54, 1.807) is 13.0 Å². The normalized spacial score (nSPS) is 11.7. The Morgan fingerprint density at radius 1 is 1.17 bits per heavy atom. The van der Waals surface area contributed by atoms with Gasteiger partial charge in [-0.2, -0.15) is 4.68 Å². The maximum atomic E-state index is 14.0. The Balaban J connectivity index is 1.79. The van der Waals surface area contributed by atoms with Gasteiger partial charge >= 0.3 is 0 Å². The van der Waals surface area contributed by atoms with Gasteiger partial charge in [0.25, 0.3) is 11.5 Å². The molecule has 0 saturated carbocycles. The Hall–Kier alpha value is -3.07. The van der Waals surface area contributed by atoms with E-state index in [9.17, 15) is 18.4 Å². The van der Waals surface area contributed by atoms with E-state index in [2.05, 4.69) is 26.3 Å². The molecule has 1 amide bonds. The number of amides is 1. The second-order valence-corrected chi connectivity index (χ2v) is 6.94. The van der Waals surface area contributed by atoms with E-state index in [0.29, 0.717) is 10.2 Å². The number of anilines is 1. The fourth-order valence-corrected chi connectivity index (χ4v) is 2.83. The number of carbonyl (C=O) groups excluding carboxylic acids is 1. The summed E-state index contributed by atoms with van der Waals surface area (Å²) in [6, 6.07) is 12.0. The fourth-order valence-electron chi connectivity index (χ4n) is 2.50. The molecule has 3 rings (SSSR count). The number of nitrogens with zero attached hydrogens (tertiary/aromatic N) is 2. The van der Waals surface area contributed by atoms with Crippen LogP contribution in [0.25, 0.3) is 5.69 Å². The molecule has 0 bridgehead atoms. The first kappa shape index (κ1) is 20.7. The molecule has 3 aromatic rings. The fraction of sp³-hybridized carbons (Fsp3) is 0.150. The molecule has 2 aromatic carbocycles. The van der Waals surface area contributed by atoms with Gasteiger partial charge in [-0.1, -0.05) is 22.9 Å². The smallest absolute Gasteiger partial charge is 0.271 e. The summed E-state index contributed by atoms with van der Waals surface area (Å²) < 4.78 is 34.3. The van der Waals surface area contributed by atoms with Crippen LogP contribution in [-0.2, 0) is 4.79 Å². The molecule has 1 atom stereocenters. The number of rotatable bonds is 6. The van der Waals surface area contributed by atoms with Crippen LogP contribution in [0.1, 0.15) is 13.3 Å². The summed E-state index contributed by atoms with van der Waals surface area (Å²) >= 11 is 3.15. The molecule has 6 nitrogen and oxygen atoms in total. The third kappa shape index (κ3) is 5.05. The molecule has 150 valence electrons. The lowest BCUT2D eigenvalue weighted by atomic mass is 10.2. The van der Waals surface area contributed by atoms with Gasteiger partial charge in [0.05, 0.1) is 11.4 Å². The first-order valence-corrected chi connectivity index (χ1v) is 9.45. The number of ether oxygens (including phenoxy) is 1. The number of hydrogen-bond acceptors (Lipinski definition) is 4. The average molecular weight is 464 g/mol. The molecular formula is C20H16BrF2N3O3. The number of nitrogens with one attached hydrogen (secondary N) is 1. The Morgan fingerprint density at radius 3 is 2.55 bits per heavy atom. The van der Waals surface area contributed by atoms with E-state index in [1.807, 2.05) is 0 Å². The minimum absolute atomic E-state index is 0.0180. The topological polar surface area (TPSA) is 73.2 Å². The molecule has 1 N–H and O–H groups in total. The second-order valence-electron chi connectivity index (χ2n) is 6.03. The van der Waals surface area contributed by atoms with Crippen LogP contribution in [0.2, 0.25) is 0 Å². The van der Waals surface area contributed by atoms with Crippen molar-refractivity contribution in [2.75, 3.05) is 5.32 Å². The van der Waals surface area contributed by atoms with Crippen molar-refractivity contribution in [2.45, 2.75) is 19.4 Å². The molecule has 29 heavy (non-hydrogen) atoms. The minimum Gasteiger partial charge on any atom is -0.463 e. The highest BCUT2D eigenvalue weighted by Gasteiger charge is 2.21. The molecule has 0 aliphatic rings. The van der Waals surface area contributed by atoms with Crippen molar-refractivity contribution in [1.29, 1.82) is 0 Å². The zero-order valence-corrected chi connectivity index (χ0v) is 16.8. The average Bonchev–Trinajstić information content (AvgIpc) is 2.70. The van der Waals surface area contributed by atoms with Gasteiger partial charge in [-0.05, 0) is 48.9 Å². The van der Waals surface area contributed by atoms with Crippen molar-refractivity contribution < 1.29 is 18.3 Å². The Bertz CT molecular complexity index is 1090. The van der Waals surface area contributed by atoms with Gasteiger partial charge < -0.3 is 10.1 Å². The highest BCUT2D eigenvalue weighted by atomic mass is 79.9. The van der Waals surface area contributed by atoms with Crippen molar-refractivity contribution in [1.82, 2.24) is 9.78 Å². The third-order valence-corrected chi connectivity index (χ3v) is 4.46. The molecule has 0 aliphatic heterocycles. The van der Waals surface area contributed by atoms with Crippen LogP contribution in [-0.4, -0.2) is 21.8 Å². The molecule has 0 radical (unpaired) electrons. The lowest BCUT2D eigenvalue weighted by molar-refractivity contribution is -0.123. The number of hydrogen-bond donors (Lipinski definition) is 1. The van der Waals surface area contributed by atoms with Gasteiger partial charge in [-0.25, -0.2) is 8.78 Å². The summed E-state index contributed by atoms with van der Waals surface area (Å²) in [5.41, 5.74) is -0.0841. The molecule has 0 fully saturated rings. The predicted octanol–water partition coefficient (Wildman–Crippen LogP) is 4.07. The molecule has 9 heteroatoms. The molecule has 1 aromatic heterocycles. The van der Waals surface area contributed by atoms with Crippen LogP contribution in [0, 0.1) is 11.6 Å². The van der Waals surface area contributed by atoms with Crippen LogP contribution in [0.15, 0.2) is 63.9 Å². The highest BCUT2D eigenvalue weighted by molar-refractivity contribution is 9.10. The lowest BCUT2D eigenvalue weighted by Gasteiger charge is -2.17. The maximum Gasteiger partial charge on any atom is 0.271 e. The lowest BCUT2D eigenvalue weighted by Crippen LogP contribution is -2.33. The Kier molecular flexibility index (Phi) is 6.38. The van der Waals surface area contributed by atoms with Gasteiger partial charge in [0.15, 0.2) is 6.10 Å².